The summed E-state index contributed by atoms with van der Waals surface area (Å²) in [6, 6.07) is 6.51. The Bertz CT molecular complexity index is 1030. The zero-order valence-corrected chi connectivity index (χ0v) is 18.8. The molecule has 1 aromatic heterocycles. The fourth-order valence-corrected chi connectivity index (χ4v) is 4.83. The van der Waals surface area contributed by atoms with E-state index in [1.807, 2.05) is 13.8 Å². The van der Waals surface area contributed by atoms with Gasteiger partial charge in [0.15, 0.2) is 5.03 Å². The van der Waals surface area contributed by atoms with E-state index in [1.54, 1.807) is 35.8 Å². The van der Waals surface area contributed by atoms with Crippen LogP contribution in [-0.2, 0) is 19.6 Å². The van der Waals surface area contributed by atoms with Crippen molar-refractivity contribution >= 4 is 27.6 Å². The molecule has 0 radical (unpaired) electrons. The van der Waals surface area contributed by atoms with Crippen molar-refractivity contribution in [2.24, 2.45) is 5.92 Å². The maximum Gasteiger partial charge on any atom is 0.338 e. The number of nitrogens with zero attached hydrogens (tertiary/aromatic N) is 3. The maximum atomic E-state index is 13.0. The summed E-state index contributed by atoms with van der Waals surface area (Å²) in [5.74, 6) is -1.15. The zero-order chi connectivity index (χ0) is 22.6. The monoisotopic (exact) mass is 448 g/mol. The molecule has 1 aromatic carbocycles. The summed E-state index contributed by atoms with van der Waals surface area (Å²) in [5, 5.41) is 2.81. The first kappa shape index (κ1) is 23.0. The highest BCUT2D eigenvalue weighted by molar-refractivity contribution is 7.89. The number of imidazole rings is 1. The Kier molecular flexibility index (Phi) is 7.11. The minimum Gasteiger partial charge on any atom is -0.462 e. The molecule has 0 bridgehead atoms. The quantitative estimate of drug-likeness (QED) is 0.652. The van der Waals surface area contributed by atoms with Crippen molar-refractivity contribution in [1.29, 1.82) is 0 Å². The second kappa shape index (κ2) is 9.61. The predicted octanol–water partition coefficient (Wildman–Crippen LogP) is 2.68. The number of amides is 1. The molecular formula is C21H28N4O5S. The van der Waals surface area contributed by atoms with Crippen LogP contribution >= 0.6 is 0 Å². The molecule has 31 heavy (non-hydrogen) atoms. The van der Waals surface area contributed by atoms with Crippen molar-refractivity contribution in [2.45, 2.75) is 44.7 Å². The second-order valence-electron chi connectivity index (χ2n) is 7.74. The smallest absolute Gasteiger partial charge is 0.338 e. The van der Waals surface area contributed by atoms with Crippen LogP contribution in [0.3, 0.4) is 0 Å². The van der Waals surface area contributed by atoms with E-state index < -0.39 is 21.9 Å². The summed E-state index contributed by atoms with van der Waals surface area (Å²) in [6.45, 7) is 6.36. The van der Waals surface area contributed by atoms with Crippen LogP contribution in [0.1, 0.15) is 50.0 Å². The van der Waals surface area contributed by atoms with Gasteiger partial charge in [-0.2, -0.15) is 4.31 Å². The number of hydrogen-bond acceptors (Lipinski definition) is 6. The number of ether oxygens (including phenoxy) is 1. The van der Waals surface area contributed by atoms with E-state index in [9.17, 15) is 18.0 Å². The molecule has 1 amide bonds. The van der Waals surface area contributed by atoms with E-state index >= 15 is 0 Å². The van der Waals surface area contributed by atoms with Gasteiger partial charge in [0, 0.05) is 31.0 Å². The number of benzene rings is 1. The lowest BCUT2D eigenvalue weighted by Crippen LogP contribution is -2.43. The van der Waals surface area contributed by atoms with Crippen molar-refractivity contribution in [3.63, 3.8) is 0 Å². The summed E-state index contributed by atoms with van der Waals surface area (Å²) in [5.41, 5.74) is 0.935. The first-order valence-corrected chi connectivity index (χ1v) is 11.8. The van der Waals surface area contributed by atoms with Gasteiger partial charge >= 0.3 is 5.97 Å². The highest BCUT2D eigenvalue weighted by atomic mass is 32.2. The van der Waals surface area contributed by atoms with Gasteiger partial charge < -0.3 is 14.6 Å². The molecule has 3 rings (SSSR count). The number of carbonyl (C=O) groups is 2. The molecule has 9 nitrogen and oxygen atoms in total. The molecule has 0 aliphatic carbocycles. The molecule has 1 saturated heterocycles. The number of aromatic nitrogens is 2. The molecule has 1 aliphatic rings. The molecule has 0 saturated carbocycles. The number of esters is 1. The first-order chi connectivity index (χ1) is 14.7. The Balaban J connectivity index is 1.65. The Morgan fingerprint density at radius 1 is 1.26 bits per heavy atom. The fourth-order valence-electron chi connectivity index (χ4n) is 3.39. The number of piperidine rings is 1. The molecule has 168 valence electrons. The number of nitrogens with one attached hydrogen (secondary N) is 1. The van der Waals surface area contributed by atoms with E-state index in [-0.39, 0.29) is 30.1 Å². The van der Waals surface area contributed by atoms with Gasteiger partial charge in [-0.25, -0.2) is 18.2 Å². The first-order valence-electron chi connectivity index (χ1n) is 10.3. The maximum absolute atomic E-state index is 13.0. The molecule has 1 N–H and O–H groups in total. The van der Waals surface area contributed by atoms with Crippen LogP contribution in [0.5, 0.6) is 0 Å². The van der Waals surface area contributed by atoms with Crippen LogP contribution in [0.15, 0.2) is 41.8 Å². The van der Waals surface area contributed by atoms with Crippen LogP contribution in [0, 0.1) is 5.92 Å². The SMILES string of the molecule is CCOC(=O)c1ccc(NC(=O)[C@H]2CCCN(S(=O)(=O)c3cn(C(C)C)cn3)C2)cc1. The van der Waals surface area contributed by atoms with Crippen molar-refractivity contribution in [3.8, 4) is 0 Å². The van der Waals surface area contributed by atoms with Crippen LogP contribution in [0.2, 0.25) is 0 Å². The third kappa shape index (κ3) is 5.31. The Labute approximate surface area is 182 Å². The summed E-state index contributed by atoms with van der Waals surface area (Å²) in [6.07, 6.45) is 4.21. The predicted molar refractivity (Wildman–Crippen MR) is 115 cm³/mol. The average molecular weight is 449 g/mol. The van der Waals surface area contributed by atoms with E-state index in [1.165, 1.54) is 16.8 Å². The lowest BCUT2D eigenvalue weighted by atomic mass is 9.98. The lowest BCUT2D eigenvalue weighted by molar-refractivity contribution is -0.120. The molecule has 1 fully saturated rings. The molecule has 0 unspecified atom stereocenters. The number of rotatable bonds is 7. The van der Waals surface area contributed by atoms with Gasteiger partial charge in [-0.1, -0.05) is 0 Å². The topological polar surface area (TPSA) is 111 Å². The highest BCUT2D eigenvalue weighted by Gasteiger charge is 2.34. The third-order valence-corrected chi connectivity index (χ3v) is 6.95. The van der Waals surface area contributed by atoms with Crippen LogP contribution in [0.4, 0.5) is 5.69 Å². The van der Waals surface area contributed by atoms with Crippen LogP contribution in [-0.4, -0.2) is 53.8 Å². The van der Waals surface area contributed by atoms with Crippen LogP contribution < -0.4 is 5.32 Å². The number of anilines is 1. The molecule has 2 heterocycles. The van der Waals surface area contributed by atoms with Gasteiger partial charge in [0.2, 0.25) is 5.91 Å². The van der Waals surface area contributed by atoms with E-state index in [2.05, 4.69) is 10.3 Å². The lowest BCUT2D eigenvalue weighted by Gasteiger charge is -2.30. The summed E-state index contributed by atoms with van der Waals surface area (Å²) in [7, 11) is -3.76. The fraction of sp³-hybridized carbons (Fsp3) is 0.476. The molecule has 1 atom stereocenters. The van der Waals surface area contributed by atoms with Gasteiger partial charge in [-0.15, -0.1) is 0 Å². The Morgan fingerprint density at radius 3 is 2.58 bits per heavy atom. The van der Waals surface area contributed by atoms with Gasteiger partial charge in [-0.3, -0.25) is 4.79 Å². The number of sulfonamides is 1. The standard InChI is InChI=1S/C21H28N4O5S/c1-4-30-21(27)16-7-9-18(10-8-16)23-20(26)17-6-5-11-25(12-17)31(28,29)19-13-24(14-22-19)15(2)3/h7-10,13-15,17H,4-6,11-12H2,1-3H3,(H,23,26)/t17-/m0/s1. The molecule has 10 heteroatoms. The highest BCUT2D eigenvalue weighted by Crippen LogP contribution is 2.25. The average Bonchev–Trinajstić information content (AvgIpc) is 3.26. The summed E-state index contributed by atoms with van der Waals surface area (Å²) >= 11 is 0. The van der Waals surface area contributed by atoms with Gasteiger partial charge in [-0.05, 0) is 57.9 Å². The molecule has 0 spiro atoms. The van der Waals surface area contributed by atoms with E-state index in [0.29, 0.717) is 30.6 Å². The van der Waals surface area contributed by atoms with Crippen molar-refractivity contribution in [2.75, 3.05) is 25.0 Å². The zero-order valence-electron chi connectivity index (χ0n) is 17.9. The molecular weight excluding hydrogens is 420 g/mol. The Morgan fingerprint density at radius 2 is 1.97 bits per heavy atom. The minimum atomic E-state index is -3.76. The van der Waals surface area contributed by atoms with Gasteiger partial charge in [0.25, 0.3) is 10.0 Å². The third-order valence-electron chi connectivity index (χ3n) is 5.20. The van der Waals surface area contributed by atoms with Gasteiger partial charge in [0.1, 0.15) is 0 Å². The largest absolute Gasteiger partial charge is 0.462 e. The number of hydrogen-bond donors (Lipinski definition) is 1. The van der Waals surface area contributed by atoms with Crippen molar-refractivity contribution in [3.05, 3.63) is 42.4 Å². The summed E-state index contributed by atoms with van der Waals surface area (Å²) in [4.78, 5) is 28.5. The number of carbonyl (C=O) groups excluding carboxylic acids is 2. The second-order valence-corrected chi connectivity index (χ2v) is 9.63. The minimum absolute atomic E-state index is 0.00295. The Hall–Kier alpha value is -2.72. The van der Waals surface area contributed by atoms with E-state index in [4.69, 9.17) is 4.74 Å². The van der Waals surface area contributed by atoms with Crippen LogP contribution in [0.25, 0.3) is 0 Å². The normalized spacial score (nSPS) is 17.5. The van der Waals surface area contributed by atoms with E-state index in [0.717, 1.165) is 0 Å². The van der Waals surface area contributed by atoms with Gasteiger partial charge in [0.05, 0.1) is 24.4 Å². The molecule has 2 aromatic rings. The van der Waals surface area contributed by atoms with Crippen molar-refractivity contribution in [1.82, 2.24) is 13.9 Å². The molecule has 1 aliphatic heterocycles. The van der Waals surface area contributed by atoms with Crippen molar-refractivity contribution < 1.29 is 22.7 Å². The summed E-state index contributed by atoms with van der Waals surface area (Å²) < 4.78 is 34.0.